The van der Waals surface area contributed by atoms with E-state index in [1.807, 2.05) is 0 Å². The minimum Gasteiger partial charge on any atom is -0.497 e. The van der Waals surface area contributed by atoms with Crippen LogP contribution in [-0.4, -0.2) is 38.1 Å². The van der Waals surface area contributed by atoms with Gasteiger partial charge in [0.2, 0.25) is 0 Å². The molecule has 138 valence electrons. The van der Waals surface area contributed by atoms with Gasteiger partial charge in [-0.25, -0.2) is 8.42 Å². The van der Waals surface area contributed by atoms with Crippen LogP contribution in [0.15, 0.2) is 47.4 Å². The number of carboxylic acids is 1. The van der Waals surface area contributed by atoms with E-state index in [9.17, 15) is 23.3 Å². The lowest BCUT2D eigenvalue weighted by atomic mass is 10.3. The zero-order valence-electron chi connectivity index (χ0n) is 13.3. The lowest BCUT2D eigenvalue weighted by Gasteiger charge is -2.23. The van der Waals surface area contributed by atoms with E-state index < -0.39 is 33.1 Å². The van der Waals surface area contributed by atoms with Crippen LogP contribution in [0.4, 0.5) is 11.4 Å². The first-order chi connectivity index (χ1) is 12.2. The first-order valence-corrected chi connectivity index (χ1v) is 8.81. The molecule has 0 unspecified atom stereocenters. The van der Waals surface area contributed by atoms with E-state index in [0.717, 1.165) is 18.2 Å². The maximum atomic E-state index is 12.9. The number of carboxylic acid groups (broad SMARTS) is 1. The number of nitrogens with zero attached hydrogens (tertiary/aromatic N) is 2. The van der Waals surface area contributed by atoms with Crippen LogP contribution < -0.4 is 9.04 Å². The van der Waals surface area contributed by atoms with Gasteiger partial charge in [-0.15, -0.1) is 0 Å². The SMILES string of the molecule is COc1ccc(S(=O)(=O)N(CC(=O)O)c2cc([N+](=O)[O-])ccc2Cl)cc1. The number of rotatable bonds is 7. The van der Waals surface area contributed by atoms with Crippen molar-refractivity contribution in [3.8, 4) is 5.75 Å². The van der Waals surface area contributed by atoms with Gasteiger partial charge in [0.25, 0.3) is 15.7 Å². The Balaban J connectivity index is 2.61. The molecule has 0 aliphatic heterocycles. The fourth-order valence-electron chi connectivity index (χ4n) is 2.10. The van der Waals surface area contributed by atoms with Crippen molar-refractivity contribution in [2.45, 2.75) is 4.90 Å². The summed E-state index contributed by atoms with van der Waals surface area (Å²) in [6.07, 6.45) is 0. The number of ether oxygens (including phenoxy) is 1. The largest absolute Gasteiger partial charge is 0.497 e. The van der Waals surface area contributed by atoms with Gasteiger partial charge < -0.3 is 9.84 Å². The number of hydrogen-bond donors (Lipinski definition) is 1. The quantitative estimate of drug-likeness (QED) is 0.558. The van der Waals surface area contributed by atoms with Gasteiger partial charge in [0.1, 0.15) is 12.3 Å². The fourth-order valence-corrected chi connectivity index (χ4v) is 3.80. The van der Waals surface area contributed by atoms with Gasteiger partial charge in [-0.3, -0.25) is 19.2 Å². The third-order valence-corrected chi connectivity index (χ3v) is 5.43. The summed E-state index contributed by atoms with van der Waals surface area (Å²) >= 11 is 5.98. The van der Waals surface area contributed by atoms with Crippen molar-refractivity contribution in [2.24, 2.45) is 0 Å². The second-order valence-electron chi connectivity index (χ2n) is 4.97. The molecule has 1 N–H and O–H groups in total. The van der Waals surface area contributed by atoms with E-state index in [1.165, 1.54) is 31.4 Å². The minimum atomic E-state index is -4.35. The molecule has 0 aliphatic rings. The Labute approximate surface area is 153 Å². The van der Waals surface area contributed by atoms with Crippen molar-refractivity contribution < 1.29 is 28.0 Å². The molecule has 2 aromatic rings. The summed E-state index contributed by atoms with van der Waals surface area (Å²) in [5, 5.41) is 19.9. The molecule has 0 atom stereocenters. The van der Waals surface area contributed by atoms with Gasteiger partial charge in [-0.1, -0.05) is 11.6 Å². The Kier molecular flexibility index (Phi) is 5.68. The van der Waals surface area contributed by atoms with Gasteiger partial charge >= 0.3 is 5.97 Å². The van der Waals surface area contributed by atoms with Crippen LogP contribution in [0.2, 0.25) is 5.02 Å². The van der Waals surface area contributed by atoms with E-state index in [0.29, 0.717) is 10.1 Å². The predicted octanol–water partition coefficient (Wildman–Crippen LogP) is 2.54. The highest BCUT2D eigenvalue weighted by molar-refractivity contribution is 7.92. The molecule has 2 rings (SSSR count). The number of sulfonamides is 1. The molecule has 0 saturated carbocycles. The fraction of sp³-hybridized carbons (Fsp3) is 0.133. The lowest BCUT2D eigenvalue weighted by molar-refractivity contribution is -0.384. The predicted molar refractivity (Wildman–Crippen MR) is 93.3 cm³/mol. The smallest absolute Gasteiger partial charge is 0.324 e. The van der Waals surface area contributed by atoms with Crippen molar-refractivity contribution >= 4 is 39.0 Å². The minimum absolute atomic E-state index is 0.145. The average Bonchev–Trinajstić information content (AvgIpc) is 2.60. The lowest BCUT2D eigenvalue weighted by Crippen LogP contribution is -2.36. The number of benzene rings is 2. The van der Waals surface area contributed by atoms with E-state index in [1.54, 1.807) is 0 Å². The Bertz CT molecular complexity index is 945. The second kappa shape index (κ2) is 7.58. The zero-order valence-corrected chi connectivity index (χ0v) is 14.9. The summed E-state index contributed by atoms with van der Waals surface area (Å²) in [5.41, 5.74) is -0.733. The summed E-state index contributed by atoms with van der Waals surface area (Å²) in [6, 6.07) is 8.37. The number of anilines is 1. The molecule has 0 bridgehead atoms. The summed E-state index contributed by atoms with van der Waals surface area (Å²) in [7, 11) is -2.94. The van der Waals surface area contributed by atoms with Crippen LogP contribution in [0.3, 0.4) is 0 Å². The Morgan fingerprint density at radius 3 is 2.38 bits per heavy atom. The molecule has 0 spiro atoms. The van der Waals surface area contributed by atoms with Crippen molar-refractivity contribution in [1.29, 1.82) is 0 Å². The van der Waals surface area contributed by atoms with Gasteiger partial charge in [0.15, 0.2) is 0 Å². The molecule has 0 aromatic heterocycles. The first kappa shape index (κ1) is 19.5. The van der Waals surface area contributed by atoms with Crippen molar-refractivity contribution in [3.05, 3.63) is 57.6 Å². The topological polar surface area (TPSA) is 127 Å². The number of hydrogen-bond acceptors (Lipinski definition) is 6. The highest BCUT2D eigenvalue weighted by Crippen LogP contribution is 2.34. The Hall–Kier alpha value is -2.85. The molecule has 0 radical (unpaired) electrons. The average molecular weight is 401 g/mol. The molecular weight excluding hydrogens is 388 g/mol. The zero-order chi connectivity index (χ0) is 19.5. The molecular formula is C15H13ClN2O7S. The summed E-state index contributed by atoms with van der Waals surface area (Å²) in [6.45, 7) is -0.963. The highest BCUT2D eigenvalue weighted by Gasteiger charge is 2.30. The molecule has 9 nitrogen and oxygen atoms in total. The van der Waals surface area contributed by atoms with Gasteiger partial charge in [0.05, 0.1) is 27.6 Å². The molecule has 0 fully saturated rings. The van der Waals surface area contributed by atoms with Crippen molar-refractivity contribution in [2.75, 3.05) is 18.0 Å². The van der Waals surface area contributed by atoms with E-state index >= 15 is 0 Å². The summed E-state index contributed by atoms with van der Waals surface area (Å²) in [5.74, 6) is -1.05. The van der Waals surface area contributed by atoms with Crippen LogP contribution in [-0.2, 0) is 14.8 Å². The van der Waals surface area contributed by atoms with Crippen molar-refractivity contribution in [3.63, 3.8) is 0 Å². The monoisotopic (exact) mass is 400 g/mol. The van der Waals surface area contributed by atoms with Crippen LogP contribution in [0.5, 0.6) is 5.75 Å². The molecule has 0 aliphatic carbocycles. The number of aliphatic carboxylic acids is 1. The number of non-ortho nitro benzene ring substituents is 1. The van der Waals surface area contributed by atoms with Gasteiger partial charge in [0, 0.05) is 12.1 Å². The van der Waals surface area contributed by atoms with Crippen LogP contribution in [0.25, 0.3) is 0 Å². The molecule has 0 heterocycles. The number of halogens is 1. The highest BCUT2D eigenvalue weighted by atomic mass is 35.5. The van der Waals surface area contributed by atoms with Crippen LogP contribution in [0.1, 0.15) is 0 Å². The summed E-state index contributed by atoms with van der Waals surface area (Å²) in [4.78, 5) is 21.2. The van der Waals surface area contributed by atoms with Crippen molar-refractivity contribution in [1.82, 2.24) is 0 Å². The maximum absolute atomic E-state index is 12.9. The number of carbonyl (C=O) groups is 1. The number of nitro groups is 1. The van der Waals surface area contributed by atoms with E-state index in [4.69, 9.17) is 21.4 Å². The van der Waals surface area contributed by atoms with E-state index in [2.05, 4.69) is 0 Å². The molecule has 11 heteroatoms. The van der Waals surface area contributed by atoms with Crippen LogP contribution >= 0.6 is 11.6 Å². The second-order valence-corrected chi connectivity index (χ2v) is 7.24. The standard InChI is InChI=1S/C15H13ClN2O7S/c1-25-11-3-5-12(6-4-11)26(23,24)17(9-15(19)20)14-8-10(18(21)22)2-7-13(14)16/h2-8H,9H2,1H3,(H,19,20). The van der Waals surface area contributed by atoms with Crippen LogP contribution in [0, 0.1) is 10.1 Å². The molecule has 0 saturated heterocycles. The maximum Gasteiger partial charge on any atom is 0.324 e. The van der Waals surface area contributed by atoms with Gasteiger partial charge in [-0.05, 0) is 30.3 Å². The molecule has 26 heavy (non-hydrogen) atoms. The normalized spacial score (nSPS) is 11.0. The molecule has 2 aromatic carbocycles. The third-order valence-electron chi connectivity index (χ3n) is 3.34. The van der Waals surface area contributed by atoms with E-state index in [-0.39, 0.29) is 15.6 Å². The number of methoxy groups -OCH3 is 1. The first-order valence-electron chi connectivity index (χ1n) is 6.99. The van der Waals surface area contributed by atoms with Gasteiger partial charge in [-0.2, -0.15) is 0 Å². The Morgan fingerprint density at radius 1 is 1.27 bits per heavy atom. The molecule has 0 amide bonds. The third kappa shape index (κ3) is 4.03. The Morgan fingerprint density at radius 2 is 1.88 bits per heavy atom. The number of nitro benzene ring substituents is 1. The summed E-state index contributed by atoms with van der Waals surface area (Å²) < 4.78 is 31.2.